The minimum Gasteiger partial charge on any atom is -0.479 e. The van der Waals surface area contributed by atoms with E-state index in [0.29, 0.717) is 38.5 Å². The molecule has 0 amide bonds. The molecule has 4 aliphatic carbocycles. The van der Waals surface area contributed by atoms with Gasteiger partial charge >= 0.3 is 17.9 Å². The second-order valence-corrected chi connectivity index (χ2v) is 13.5. The number of fused-ring (bicyclic) bond motifs is 5. The number of carbonyl (C=O) groups excluding carboxylic acids is 3. The first-order valence-electron chi connectivity index (χ1n) is 15.3. The van der Waals surface area contributed by atoms with Crippen LogP contribution in [-0.4, -0.2) is 99.3 Å². The first-order valence-corrected chi connectivity index (χ1v) is 15.3. The fraction of sp³-hybridized carbons (Fsp3) is 0.867. The van der Waals surface area contributed by atoms with Crippen molar-refractivity contribution in [2.75, 3.05) is 6.61 Å². The van der Waals surface area contributed by atoms with Gasteiger partial charge in [-0.15, -0.1) is 0 Å². The molecule has 14 atom stereocenters. The number of ether oxygens (including phenoxy) is 4. The minimum atomic E-state index is -1.88. The molecule has 0 bridgehead atoms. The number of esters is 2. The van der Waals surface area contributed by atoms with Crippen molar-refractivity contribution in [3.63, 3.8) is 0 Å². The topological polar surface area (TPSA) is 186 Å². The van der Waals surface area contributed by atoms with Gasteiger partial charge in [0, 0.05) is 31.6 Å². The van der Waals surface area contributed by atoms with E-state index in [0.717, 1.165) is 6.42 Å². The van der Waals surface area contributed by atoms with Crippen LogP contribution in [0.4, 0.5) is 4.39 Å². The zero-order valence-electron chi connectivity index (χ0n) is 24.7. The molecule has 1 aliphatic heterocycles. The number of rotatable bonds is 7. The molecule has 5 aliphatic rings. The molecule has 4 saturated carbocycles. The van der Waals surface area contributed by atoms with Crippen LogP contribution in [0.15, 0.2) is 0 Å². The van der Waals surface area contributed by atoms with Crippen LogP contribution in [0.25, 0.3) is 0 Å². The van der Waals surface area contributed by atoms with Crippen LogP contribution in [0.2, 0.25) is 0 Å². The van der Waals surface area contributed by atoms with E-state index >= 15 is 4.39 Å². The minimum absolute atomic E-state index is 0.0144. The molecule has 5 fully saturated rings. The summed E-state index contributed by atoms with van der Waals surface area (Å²) in [4.78, 5) is 48.8. The Balaban J connectivity index is 1.33. The standard InChI is InChI=1S/C30H43FO12/c1-13(32)41-16-5-7-17-15(10-16)4-6-19-18-8-9-20(29(18,3)11-22(30(17,19)31)42-14(2)33)21(34)12-40-28-25(37)23(35)24(36)26(43-28)27(38)39/h15-20,22-26,28,35-37H,4-12H2,1-3H3,(H,38,39)/t15-,16+,17-,18-,19-,20+,22+,23-,24-,25+,26-,28?,29-,30-/m0/s1. The maximum absolute atomic E-state index is 17.7. The molecule has 1 saturated heterocycles. The second kappa shape index (κ2) is 12.0. The van der Waals surface area contributed by atoms with Crippen molar-refractivity contribution in [1.82, 2.24) is 0 Å². The van der Waals surface area contributed by atoms with Crippen LogP contribution in [0, 0.1) is 35.0 Å². The summed E-state index contributed by atoms with van der Waals surface area (Å²) in [6.45, 7) is 3.99. The van der Waals surface area contributed by atoms with E-state index in [1.165, 1.54) is 13.8 Å². The molecule has 1 unspecified atom stereocenters. The van der Waals surface area contributed by atoms with Crippen LogP contribution < -0.4 is 0 Å². The normalized spacial score (nSPS) is 47.4. The van der Waals surface area contributed by atoms with E-state index in [9.17, 15) is 39.6 Å². The average Bonchev–Trinajstić information content (AvgIpc) is 3.26. The summed E-state index contributed by atoms with van der Waals surface area (Å²) in [6.07, 6.45) is -6.24. The van der Waals surface area contributed by atoms with Crippen LogP contribution in [0.3, 0.4) is 0 Å². The van der Waals surface area contributed by atoms with Crippen LogP contribution >= 0.6 is 0 Å². The fourth-order valence-electron chi connectivity index (χ4n) is 9.43. The Hall–Kier alpha value is -2.19. The zero-order chi connectivity index (χ0) is 31.4. The summed E-state index contributed by atoms with van der Waals surface area (Å²) in [6, 6.07) is 0. The Kier molecular flexibility index (Phi) is 8.96. The van der Waals surface area contributed by atoms with Gasteiger partial charge in [-0.25, -0.2) is 9.18 Å². The number of aliphatic hydroxyl groups excluding tert-OH is 3. The lowest BCUT2D eigenvalue weighted by molar-refractivity contribution is -0.292. The highest BCUT2D eigenvalue weighted by Gasteiger charge is 2.69. The fourth-order valence-corrected chi connectivity index (χ4v) is 9.43. The molecule has 43 heavy (non-hydrogen) atoms. The summed E-state index contributed by atoms with van der Waals surface area (Å²) >= 11 is 0. The first kappa shape index (κ1) is 32.2. The van der Waals surface area contributed by atoms with Gasteiger partial charge in [0.05, 0.1) is 0 Å². The largest absolute Gasteiger partial charge is 0.479 e. The smallest absolute Gasteiger partial charge is 0.335 e. The summed E-state index contributed by atoms with van der Waals surface area (Å²) in [5.41, 5.74) is -2.49. The van der Waals surface area contributed by atoms with Crippen LogP contribution in [0.5, 0.6) is 0 Å². The summed E-state index contributed by atoms with van der Waals surface area (Å²) in [5.74, 6) is -4.41. The average molecular weight is 615 g/mol. The molecule has 1 heterocycles. The lowest BCUT2D eigenvalue weighted by Gasteiger charge is -2.61. The highest BCUT2D eigenvalue weighted by molar-refractivity contribution is 5.83. The number of hydrogen-bond donors (Lipinski definition) is 4. The molecule has 0 spiro atoms. The monoisotopic (exact) mass is 614 g/mol. The summed E-state index contributed by atoms with van der Waals surface area (Å²) in [7, 11) is 0. The Morgan fingerprint density at radius 2 is 1.51 bits per heavy atom. The Morgan fingerprint density at radius 1 is 0.860 bits per heavy atom. The van der Waals surface area contributed by atoms with Crippen LogP contribution in [0.1, 0.15) is 72.1 Å². The van der Waals surface area contributed by atoms with E-state index in [1.807, 2.05) is 6.92 Å². The van der Waals surface area contributed by atoms with Crippen molar-refractivity contribution >= 4 is 23.7 Å². The van der Waals surface area contributed by atoms with Crippen molar-refractivity contribution < 1.29 is 62.9 Å². The lowest BCUT2D eigenvalue weighted by atomic mass is 9.47. The predicted molar refractivity (Wildman–Crippen MR) is 143 cm³/mol. The third-order valence-electron chi connectivity index (χ3n) is 11.2. The number of carboxylic acid groups (broad SMARTS) is 1. The highest BCUT2D eigenvalue weighted by Crippen LogP contribution is 2.67. The number of carbonyl (C=O) groups is 4. The van der Waals surface area contributed by atoms with Gasteiger partial charge in [0.15, 0.2) is 23.8 Å². The number of aliphatic carboxylic acids is 1. The molecule has 0 aromatic heterocycles. The van der Waals surface area contributed by atoms with Gasteiger partial charge in [0.1, 0.15) is 37.1 Å². The number of ketones is 1. The van der Waals surface area contributed by atoms with Crippen molar-refractivity contribution in [3.05, 3.63) is 0 Å². The summed E-state index contributed by atoms with van der Waals surface area (Å²) in [5, 5.41) is 39.5. The van der Waals surface area contributed by atoms with Crippen molar-refractivity contribution in [3.8, 4) is 0 Å². The first-order chi connectivity index (χ1) is 20.2. The molecule has 0 aromatic carbocycles. The number of Topliss-reactive ketones (excluding diaryl/α,β-unsaturated/α-hetero) is 1. The Morgan fingerprint density at radius 3 is 2.16 bits per heavy atom. The Labute approximate surface area is 249 Å². The molecule has 242 valence electrons. The molecule has 0 radical (unpaired) electrons. The highest BCUT2D eigenvalue weighted by atomic mass is 19.1. The van der Waals surface area contributed by atoms with E-state index in [1.54, 1.807) is 0 Å². The zero-order valence-corrected chi connectivity index (χ0v) is 24.7. The number of alkyl halides is 1. The van der Waals surface area contributed by atoms with E-state index in [4.69, 9.17) is 18.9 Å². The molecule has 5 rings (SSSR count). The molecular formula is C30H43FO12. The number of aliphatic hydroxyl groups is 3. The van der Waals surface area contributed by atoms with Gasteiger partial charge in [-0.1, -0.05) is 6.92 Å². The van der Waals surface area contributed by atoms with Crippen molar-refractivity contribution in [2.45, 2.75) is 121 Å². The number of halogens is 1. The SMILES string of the molecule is CC(=O)O[C@@H]1CC[C@H]2[C@@H](CC[C@H]3[C@@H]4CC[C@H](C(=O)COC5O[C@H](C(=O)O)[C@@H](O)[C@H](O)[C@H]5O)[C@@]4(C)C[C@@H](OC(C)=O)[C@]23F)C1. The quantitative estimate of drug-likeness (QED) is 0.302. The van der Waals surface area contributed by atoms with Gasteiger partial charge in [-0.3, -0.25) is 14.4 Å². The maximum Gasteiger partial charge on any atom is 0.335 e. The van der Waals surface area contributed by atoms with E-state index in [-0.39, 0.29) is 42.0 Å². The molecule has 12 nitrogen and oxygen atoms in total. The third-order valence-corrected chi connectivity index (χ3v) is 11.2. The maximum atomic E-state index is 17.7. The summed E-state index contributed by atoms with van der Waals surface area (Å²) < 4.78 is 39.5. The van der Waals surface area contributed by atoms with Gasteiger partial charge in [0.2, 0.25) is 0 Å². The lowest BCUT2D eigenvalue weighted by Crippen LogP contribution is -2.66. The number of carboxylic acids is 1. The van der Waals surface area contributed by atoms with Gasteiger partial charge in [0.25, 0.3) is 0 Å². The van der Waals surface area contributed by atoms with Gasteiger partial charge < -0.3 is 39.4 Å². The molecular weight excluding hydrogens is 571 g/mol. The second-order valence-electron chi connectivity index (χ2n) is 13.5. The van der Waals surface area contributed by atoms with Crippen molar-refractivity contribution in [1.29, 1.82) is 0 Å². The Bertz CT molecular complexity index is 1120. The predicted octanol–water partition coefficient (Wildman–Crippen LogP) is 1.30. The van der Waals surface area contributed by atoms with Crippen LogP contribution in [-0.2, 0) is 38.1 Å². The van der Waals surface area contributed by atoms with Gasteiger partial charge in [-0.2, -0.15) is 0 Å². The van der Waals surface area contributed by atoms with E-state index < -0.39 is 78.3 Å². The molecule has 4 N–H and O–H groups in total. The van der Waals surface area contributed by atoms with E-state index in [2.05, 4.69) is 0 Å². The third kappa shape index (κ3) is 5.60. The van der Waals surface area contributed by atoms with Gasteiger partial charge in [-0.05, 0) is 68.6 Å². The molecule has 13 heteroatoms. The van der Waals surface area contributed by atoms with Crippen molar-refractivity contribution in [2.24, 2.45) is 35.0 Å². The molecule has 0 aromatic rings. The number of hydrogen-bond acceptors (Lipinski definition) is 11.